The van der Waals surface area contributed by atoms with Gasteiger partial charge in [-0.05, 0) is 31.4 Å². The second kappa shape index (κ2) is 5.17. The number of carbonyl (C=O) groups is 2. The van der Waals surface area contributed by atoms with Crippen LogP contribution in [0, 0.1) is 0 Å². The fourth-order valence-electron chi connectivity index (χ4n) is 2.32. The van der Waals surface area contributed by atoms with Crippen LogP contribution < -0.4 is 0 Å². The van der Waals surface area contributed by atoms with Crippen LogP contribution in [0.2, 0.25) is 0 Å². The summed E-state index contributed by atoms with van der Waals surface area (Å²) in [4.78, 5) is 24.6. The molecule has 0 saturated carbocycles. The van der Waals surface area contributed by atoms with Crippen molar-refractivity contribution in [1.29, 1.82) is 0 Å². The van der Waals surface area contributed by atoms with Crippen LogP contribution in [0.4, 0.5) is 0 Å². The highest BCUT2D eigenvalue weighted by molar-refractivity contribution is 6.01. The number of amides is 1. The number of benzene rings is 1. The molecule has 102 valence electrons. The second-order valence-corrected chi connectivity index (χ2v) is 4.52. The Hall–Kier alpha value is -2.24. The molecule has 6 nitrogen and oxygen atoms in total. The van der Waals surface area contributed by atoms with Gasteiger partial charge in [-0.2, -0.15) is 0 Å². The van der Waals surface area contributed by atoms with Crippen LogP contribution in [0.5, 0.6) is 11.5 Å². The average Bonchev–Trinajstić information content (AvgIpc) is 2.38. The predicted molar refractivity (Wildman–Crippen MR) is 66.1 cm³/mol. The Labute approximate surface area is 109 Å². The molecular weight excluding hydrogens is 250 g/mol. The van der Waals surface area contributed by atoms with E-state index in [0.29, 0.717) is 19.4 Å². The fraction of sp³-hybridized carbons (Fsp3) is 0.385. The van der Waals surface area contributed by atoms with Crippen molar-refractivity contribution in [3.63, 3.8) is 0 Å². The van der Waals surface area contributed by atoms with Crippen LogP contribution in [-0.4, -0.2) is 44.7 Å². The van der Waals surface area contributed by atoms with E-state index in [-0.39, 0.29) is 17.1 Å². The van der Waals surface area contributed by atoms with Crippen molar-refractivity contribution in [2.45, 2.75) is 25.3 Å². The van der Waals surface area contributed by atoms with E-state index in [1.807, 2.05) is 0 Å². The number of piperidine rings is 1. The monoisotopic (exact) mass is 265 g/mol. The van der Waals surface area contributed by atoms with Crippen LogP contribution in [0.15, 0.2) is 18.2 Å². The number of hydrogen-bond donors (Lipinski definition) is 3. The molecule has 19 heavy (non-hydrogen) atoms. The molecule has 0 radical (unpaired) electrons. The topological polar surface area (TPSA) is 98.1 Å². The molecule has 6 heteroatoms. The van der Waals surface area contributed by atoms with Crippen molar-refractivity contribution in [3.8, 4) is 11.5 Å². The van der Waals surface area contributed by atoms with E-state index >= 15 is 0 Å². The highest BCUT2D eigenvalue weighted by atomic mass is 16.4. The molecule has 0 aliphatic carbocycles. The molecule has 1 heterocycles. The van der Waals surface area contributed by atoms with E-state index in [1.165, 1.54) is 23.1 Å². The van der Waals surface area contributed by atoms with E-state index in [0.717, 1.165) is 6.42 Å². The number of aliphatic carboxylic acids is 1. The lowest BCUT2D eigenvalue weighted by atomic mass is 10.0. The van der Waals surface area contributed by atoms with Crippen molar-refractivity contribution in [2.24, 2.45) is 0 Å². The molecule has 0 spiro atoms. The van der Waals surface area contributed by atoms with Gasteiger partial charge in [0.2, 0.25) is 0 Å². The van der Waals surface area contributed by atoms with E-state index in [9.17, 15) is 19.8 Å². The largest absolute Gasteiger partial charge is 0.507 e. The van der Waals surface area contributed by atoms with Crippen LogP contribution >= 0.6 is 0 Å². The van der Waals surface area contributed by atoms with Crippen LogP contribution in [-0.2, 0) is 4.79 Å². The Kier molecular flexibility index (Phi) is 3.59. The lowest BCUT2D eigenvalue weighted by molar-refractivity contribution is -0.143. The smallest absolute Gasteiger partial charge is 0.326 e. The van der Waals surface area contributed by atoms with Gasteiger partial charge in [-0.1, -0.05) is 6.07 Å². The molecule has 1 aliphatic heterocycles. The Balaban J connectivity index is 2.34. The summed E-state index contributed by atoms with van der Waals surface area (Å²) in [6, 6.07) is 3.08. The molecule has 1 aliphatic rings. The minimum Gasteiger partial charge on any atom is -0.507 e. The van der Waals surface area contributed by atoms with Crippen LogP contribution in [0.25, 0.3) is 0 Å². The molecule has 1 fully saturated rings. The molecular formula is C13H15NO5. The SMILES string of the molecule is O=C(O)[C@H]1CCCCN1C(=O)c1c(O)cccc1O. The zero-order valence-electron chi connectivity index (χ0n) is 10.2. The summed E-state index contributed by atoms with van der Waals surface area (Å²) in [6.45, 7) is 0.309. The highest BCUT2D eigenvalue weighted by Crippen LogP contribution is 2.30. The van der Waals surface area contributed by atoms with Gasteiger partial charge in [0, 0.05) is 6.54 Å². The first kappa shape index (κ1) is 13.2. The van der Waals surface area contributed by atoms with Crippen LogP contribution in [0.3, 0.4) is 0 Å². The summed E-state index contributed by atoms with van der Waals surface area (Å²) in [5.41, 5.74) is -0.240. The summed E-state index contributed by atoms with van der Waals surface area (Å²) >= 11 is 0. The number of phenolic OH excluding ortho intramolecular Hbond substituents is 2. The van der Waals surface area contributed by atoms with E-state index in [2.05, 4.69) is 0 Å². The number of nitrogens with zero attached hydrogens (tertiary/aromatic N) is 1. The maximum Gasteiger partial charge on any atom is 0.326 e. The standard InChI is InChI=1S/C13H15NO5/c15-9-5-3-6-10(16)11(9)12(17)14-7-2-1-4-8(14)13(18)19/h3,5-6,8,15-16H,1-2,4,7H2,(H,18,19)/t8-/m1/s1. The molecule has 1 aromatic rings. The van der Waals surface area contributed by atoms with Crippen molar-refractivity contribution >= 4 is 11.9 Å². The molecule has 1 aromatic carbocycles. The lowest BCUT2D eigenvalue weighted by Crippen LogP contribution is -2.48. The van der Waals surface area contributed by atoms with Gasteiger partial charge >= 0.3 is 5.97 Å². The van der Waals surface area contributed by atoms with Crippen molar-refractivity contribution in [1.82, 2.24) is 4.90 Å². The van der Waals surface area contributed by atoms with Gasteiger partial charge in [0.05, 0.1) is 0 Å². The first-order valence-corrected chi connectivity index (χ1v) is 6.07. The third-order valence-corrected chi connectivity index (χ3v) is 3.28. The Morgan fingerprint density at radius 1 is 1.16 bits per heavy atom. The van der Waals surface area contributed by atoms with Gasteiger partial charge in [-0.15, -0.1) is 0 Å². The highest BCUT2D eigenvalue weighted by Gasteiger charge is 2.34. The Morgan fingerprint density at radius 3 is 2.37 bits per heavy atom. The minimum absolute atomic E-state index is 0.240. The average molecular weight is 265 g/mol. The zero-order valence-corrected chi connectivity index (χ0v) is 10.2. The second-order valence-electron chi connectivity index (χ2n) is 4.52. The molecule has 2 rings (SSSR count). The summed E-state index contributed by atoms with van der Waals surface area (Å²) in [5, 5.41) is 28.4. The Morgan fingerprint density at radius 2 is 1.79 bits per heavy atom. The minimum atomic E-state index is -1.07. The third kappa shape index (κ3) is 2.47. The van der Waals surface area contributed by atoms with Gasteiger partial charge < -0.3 is 20.2 Å². The van der Waals surface area contributed by atoms with E-state index < -0.39 is 17.9 Å². The van der Waals surface area contributed by atoms with Gasteiger partial charge in [0.15, 0.2) is 0 Å². The maximum absolute atomic E-state index is 12.3. The van der Waals surface area contributed by atoms with Gasteiger partial charge in [0.25, 0.3) is 5.91 Å². The molecule has 1 atom stereocenters. The number of carboxylic acids is 1. The van der Waals surface area contributed by atoms with Gasteiger partial charge in [0.1, 0.15) is 23.1 Å². The normalized spacial score (nSPS) is 19.2. The number of phenols is 2. The van der Waals surface area contributed by atoms with Gasteiger partial charge in [-0.3, -0.25) is 4.79 Å². The number of hydrogen-bond acceptors (Lipinski definition) is 4. The number of carbonyl (C=O) groups excluding carboxylic acids is 1. The number of carboxylic acid groups (broad SMARTS) is 1. The maximum atomic E-state index is 12.3. The molecule has 0 unspecified atom stereocenters. The Bertz CT molecular complexity index is 494. The predicted octanol–water partition coefficient (Wildman–Crippen LogP) is 1.18. The van der Waals surface area contributed by atoms with E-state index in [4.69, 9.17) is 5.11 Å². The van der Waals surface area contributed by atoms with Crippen molar-refractivity contribution in [3.05, 3.63) is 23.8 Å². The lowest BCUT2D eigenvalue weighted by Gasteiger charge is -2.33. The van der Waals surface area contributed by atoms with Crippen molar-refractivity contribution < 1.29 is 24.9 Å². The first-order chi connectivity index (χ1) is 9.02. The molecule has 3 N–H and O–H groups in total. The third-order valence-electron chi connectivity index (χ3n) is 3.28. The molecule has 0 bridgehead atoms. The number of aromatic hydroxyl groups is 2. The van der Waals surface area contributed by atoms with Gasteiger partial charge in [-0.25, -0.2) is 4.79 Å². The summed E-state index contributed by atoms with van der Waals surface area (Å²) in [5.74, 6) is -2.41. The zero-order chi connectivity index (χ0) is 14.0. The summed E-state index contributed by atoms with van der Waals surface area (Å²) < 4.78 is 0. The van der Waals surface area contributed by atoms with Crippen molar-refractivity contribution in [2.75, 3.05) is 6.54 Å². The fourth-order valence-corrected chi connectivity index (χ4v) is 2.32. The number of likely N-dealkylation sites (tertiary alicyclic amines) is 1. The number of rotatable bonds is 2. The quantitative estimate of drug-likeness (QED) is 0.745. The van der Waals surface area contributed by atoms with E-state index in [1.54, 1.807) is 0 Å². The summed E-state index contributed by atoms with van der Waals surface area (Å²) in [6.07, 6.45) is 1.84. The molecule has 1 amide bonds. The summed E-state index contributed by atoms with van der Waals surface area (Å²) in [7, 11) is 0. The first-order valence-electron chi connectivity index (χ1n) is 6.07. The van der Waals surface area contributed by atoms with Crippen LogP contribution in [0.1, 0.15) is 29.6 Å². The molecule has 1 saturated heterocycles. The molecule has 0 aromatic heterocycles.